The van der Waals surface area contributed by atoms with E-state index in [1.807, 2.05) is 6.07 Å². The van der Waals surface area contributed by atoms with Crippen molar-refractivity contribution < 1.29 is 4.42 Å². The highest BCUT2D eigenvalue weighted by Gasteiger charge is 2.36. The van der Waals surface area contributed by atoms with Gasteiger partial charge in [0.1, 0.15) is 13.7 Å². The second-order valence-corrected chi connectivity index (χ2v) is 22.4. The molecule has 3 nitrogen and oxygen atoms in total. The summed E-state index contributed by atoms with van der Waals surface area (Å²) in [6, 6.07) is 84.2. The summed E-state index contributed by atoms with van der Waals surface area (Å²) in [6.45, 7) is 5.07. The predicted molar refractivity (Wildman–Crippen MR) is 283 cm³/mol. The third-order valence-corrected chi connectivity index (χ3v) is 17.5. The van der Waals surface area contributed by atoms with Gasteiger partial charge in [0.15, 0.2) is 5.58 Å². The van der Waals surface area contributed by atoms with Gasteiger partial charge in [-0.2, -0.15) is 0 Å². The van der Waals surface area contributed by atoms with Gasteiger partial charge in [-0.15, -0.1) is 0 Å². The van der Waals surface area contributed by atoms with Crippen LogP contribution in [0.5, 0.6) is 0 Å². The van der Waals surface area contributed by atoms with Gasteiger partial charge in [-0.1, -0.05) is 159 Å². The average molecular weight is 861 g/mol. The predicted octanol–water partition coefficient (Wildman–Crippen LogP) is 16.5. The Kier molecular flexibility index (Phi) is 8.67. The molecule has 0 N–H and O–H groups in total. The number of anilines is 6. The van der Waals surface area contributed by atoms with E-state index >= 15 is 0 Å². The van der Waals surface area contributed by atoms with E-state index in [2.05, 4.69) is 247 Å². The van der Waals surface area contributed by atoms with Crippen LogP contribution in [0, 0.1) is 0 Å². The molecule has 0 fully saturated rings. The van der Waals surface area contributed by atoms with Crippen LogP contribution in [0.3, 0.4) is 0 Å². The van der Waals surface area contributed by atoms with Crippen LogP contribution in [0.2, 0.25) is 13.1 Å². The lowest BCUT2D eigenvalue weighted by molar-refractivity contribution is 0.669. The van der Waals surface area contributed by atoms with Gasteiger partial charge in [-0.3, -0.25) is 0 Å². The largest absolute Gasteiger partial charge is 0.454 e. The number of para-hydroxylation sites is 5. The van der Waals surface area contributed by atoms with Crippen LogP contribution in [-0.2, 0) is 0 Å². The lowest BCUT2D eigenvalue weighted by atomic mass is 9.87. The minimum atomic E-state index is -2.20. The highest BCUT2D eigenvalue weighted by Crippen LogP contribution is 2.46. The Hall–Kier alpha value is -8.18. The Morgan fingerprint density at radius 3 is 1.58 bits per heavy atom. The molecule has 1 aliphatic heterocycles. The number of furan rings is 1. The van der Waals surface area contributed by atoms with Crippen molar-refractivity contribution in [2.45, 2.75) is 13.1 Å². The first-order chi connectivity index (χ1) is 32.5. The lowest BCUT2D eigenvalue weighted by Crippen LogP contribution is -2.56. The molecule has 1 aromatic heterocycles. The molecule has 66 heavy (non-hydrogen) atoms. The molecule has 0 atom stereocenters. The molecule has 312 valence electrons. The zero-order valence-corrected chi connectivity index (χ0v) is 37.7. The van der Waals surface area contributed by atoms with Crippen molar-refractivity contribution in [2.24, 2.45) is 0 Å². The van der Waals surface area contributed by atoms with Crippen molar-refractivity contribution >= 4 is 107 Å². The summed E-state index contributed by atoms with van der Waals surface area (Å²) in [4.78, 5) is 4.71. The zero-order valence-electron chi connectivity index (χ0n) is 36.7. The van der Waals surface area contributed by atoms with Gasteiger partial charge in [-0.25, -0.2) is 0 Å². The number of hydrogen-bond donors (Lipinski definition) is 0. The summed E-state index contributed by atoms with van der Waals surface area (Å²) in [6.07, 6.45) is 0. The van der Waals surface area contributed by atoms with E-state index < -0.39 is 8.07 Å². The Morgan fingerprint density at radius 2 is 0.864 bits per heavy atom. The Morgan fingerprint density at radius 1 is 0.333 bits per heavy atom. The van der Waals surface area contributed by atoms with E-state index in [0.29, 0.717) is 0 Å². The molecular weight excluding hydrogens is 817 g/mol. The number of rotatable bonds is 7. The van der Waals surface area contributed by atoms with Crippen molar-refractivity contribution in [3.8, 4) is 22.3 Å². The lowest BCUT2D eigenvalue weighted by Gasteiger charge is -2.35. The summed E-state index contributed by atoms with van der Waals surface area (Å²) < 4.78 is 6.59. The summed E-state index contributed by atoms with van der Waals surface area (Å²) in [5, 5.41) is 13.0. The van der Waals surface area contributed by atoms with E-state index in [9.17, 15) is 0 Å². The molecule has 0 saturated heterocycles. The topological polar surface area (TPSA) is 19.6 Å². The summed E-state index contributed by atoms with van der Waals surface area (Å²) in [7, 11) is -2.20. The zero-order chi connectivity index (χ0) is 43.9. The molecule has 1 aliphatic rings. The Bertz CT molecular complexity index is 3800. The maximum Gasteiger partial charge on any atom is 0.159 e. The van der Waals surface area contributed by atoms with Crippen LogP contribution in [0.1, 0.15) is 0 Å². The van der Waals surface area contributed by atoms with Gasteiger partial charge in [0, 0.05) is 39.2 Å². The Labute approximate surface area is 385 Å². The van der Waals surface area contributed by atoms with Gasteiger partial charge in [0.25, 0.3) is 0 Å². The average Bonchev–Trinajstić information content (AvgIpc) is 3.76. The first kappa shape index (κ1) is 38.3. The standard InChI is InChI=1S/C62H44N2OSi/c1-66(2)59-31-17-27-51-55-39-53(41-32-34-45(35-33-41)64(44-22-10-5-11-23-44)57-29-16-28-52-49-26-14-15-30-58(49)65-62(52)57)47-24-12-13-25-48(47)54(55)40-56(61(51)59)50-37-36-46(38-60(50)66)63(42-18-6-3-7-19-42)43-20-8-4-9-21-43/h3-40H,1-2H3. The third kappa shape index (κ3) is 5.89. The number of benzene rings is 11. The van der Waals surface area contributed by atoms with E-state index in [1.165, 1.54) is 70.6 Å². The van der Waals surface area contributed by atoms with Crippen molar-refractivity contribution in [1.82, 2.24) is 0 Å². The van der Waals surface area contributed by atoms with E-state index in [0.717, 1.165) is 50.4 Å². The fourth-order valence-corrected chi connectivity index (χ4v) is 14.0. The molecule has 0 amide bonds. The molecule has 0 aliphatic carbocycles. The van der Waals surface area contributed by atoms with Crippen molar-refractivity contribution in [3.63, 3.8) is 0 Å². The van der Waals surface area contributed by atoms with Crippen LogP contribution < -0.4 is 20.2 Å². The molecule has 4 heteroatoms. The highest BCUT2D eigenvalue weighted by molar-refractivity contribution is 7.03. The molecular formula is C62H44N2OSi. The van der Waals surface area contributed by atoms with Crippen LogP contribution >= 0.6 is 0 Å². The molecule has 0 bridgehead atoms. The maximum absolute atomic E-state index is 6.59. The maximum atomic E-state index is 6.59. The molecule has 13 rings (SSSR count). The van der Waals surface area contributed by atoms with Gasteiger partial charge < -0.3 is 14.2 Å². The van der Waals surface area contributed by atoms with Crippen molar-refractivity contribution in [1.29, 1.82) is 0 Å². The van der Waals surface area contributed by atoms with Crippen LogP contribution in [0.25, 0.3) is 76.5 Å². The molecule has 0 spiro atoms. The van der Waals surface area contributed by atoms with Crippen LogP contribution in [0.15, 0.2) is 235 Å². The second kappa shape index (κ2) is 14.9. The molecule has 0 radical (unpaired) electrons. The second-order valence-electron chi connectivity index (χ2n) is 18.0. The van der Waals surface area contributed by atoms with E-state index in [-0.39, 0.29) is 0 Å². The van der Waals surface area contributed by atoms with Gasteiger partial charge in [-0.05, 0) is 150 Å². The summed E-state index contributed by atoms with van der Waals surface area (Å²) in [5.41, 5.74) is 13.5. The summed E-state index contributed by atoms with van der Waals surface area (Å²) >= 11 is 0. The van der Waals surface area contributed by atoms with E-state index in [4.69, 9.17) is 4.42 Å². The molecule has 2 heterocycles. The van der Waals surface area contributed by atoms with Gasteiger partial charge >= 0.3 is 0 Å². The minimum Gasteiger partial charge on any atom is -0.454 e. The fraction of sp³-hybridized carbons (Fsp3) is 0.0323. The van der Waals surface area contributed by atoms with Crippen LogP contribution in [0.4, 0.5) is 34.1 Å². The first-order valence-corrected chi connectivity index (χ1v) is 25.8. The normalized spacial score (nSPS) is 12.8. The number of nitrogens with zero attached hydrogens (tertiary/aromatic N) is 2. The Balaban J connectivity index is 0.970. The van der Waals surface area contributed by atoms with Crippen molar-refractivity contribution in [2.75, 3.05) is 9.80 Å². The van der Waals surface area contributed by atoms with Crippen molar-refractivity contribution in [3.05, 3.63) is 231 Å². The first-order valence-electron chi connectivity index (χ1n) is 22.8. The summed E-state index contributed by atoms with van der Waals surface area (Å²) in [5.74, 6) is 0. The third-order valence-electron chi connectivity index (χ3n) is 14.0. The van der Waals surface area contributed by atoms with E-state index in [1.54, 1.807) is 0 Å². The van der Waals surface area contributed by atoms with Crippen LogP contribution in [-0.4, -0.2) is 8.07 Å². The fourth-order valence-electron chi connectivity index (χ4n) is 10.9. The molecule has 0 saturated carbocycles. The van der Waals surface area contributed by atoms with Gasteiger partial charge in [0.2, 0.25) is 0 Å². The highest BCUT2D eigenvalue weighted by atomic mass is 28.3. The quantitative estimate of drug-likeness (QED) is 0.118. The molecule has 11 aromatic carbocycles. The SMILES string of the molecule is C[Si]1(C)c2cc(N(c3ccccc3)c3ccccc3)ccc2-c2cc3c4ccccc4c(-c4ccc(N(c5ccccc5)c5cccc6c5oc5ccccc56)cc4)cc3c3cccc1c23. The van der Waals surface area contributed by atoms with Gasteiger partial charge in [0.05, 0.1) is 5.69 Å². The monoisotopic (exact) mass is 860 g/mol. The minimum absolute atomic E-state index is 0.876. The number of hydrogen-bond acceptors (Lipinski definition) is 3. The molecule has 12 aromatic rings. The smallest absolute Gasteiger partial charge is 0.159 e. The molecule has 0 unspecified atom stereocenters. The number of fused-ring (bicyclic) bond motifs is 9.